The molecule has 1 unspecified atom stereocenters. The lowest BCUT2D eigenvalue weighted by molar-refractivity contribution is 0.0945. The van der Waals surface area contributed by atoms with E-state index in [1.165, 1.54) is 16.1 Å². The SMILES string of the molecule is CCNC(=NCC(C)COCc1ccccc1)NCCCN(CC)S(C)(=O)=O.I. The number of sulfonamides is 1. The monoisotopic (exact) mass is 540 g/mol. The van der Waals surface area contributed by atoms with Crippen LogP contribution in [0.15, 0.2) is 35.3 Å². The molecule has 0 aliphatic heterocycles. The van der Waals surface area contributed by atoms with Crippen molar-refractivity contribution in [2.75, 3.05) is 45.6 Å². The minimum Gasteiger partial charge on any atom is -0.376 e. The van der Waals surface area contributed by atoms with Crippen LogP contribution in [0.2, 0.25) is 0 Å². The second-order valence-corrected chi connectivity index (χ2v) is 8.84. The van der Waals surface area contributed by atoms with Crippen LogP contribution in [0, 0.1) is 5.92 Å². The van der Waals surface area contributed by atoms with Gasteiger partial charge in [0, 0.05) is 32.7 Å². The average molecular weight is 541 g/mol. The van der Waals surface area contributed by atoms with Gasteiger partial charge in [-0.3, -0.25) is 4.99 Å². The minimum atomic E-state index is -3.13. The first-order valence-electron chi connectivity index (χ1n) is 9.95. The molecule has 168 valence electrons. The third kappa shape index (κ3) is 13.1. The minimum absolute atomic E-state index is 0. The van der Waals surface area contributed by atoms with Crippen LogP contribution in [-0.4, -0.2) is 64.3 Å². The van der Waals surface area contributed by atoms with Crippen molar-refractivity contribution in [3.05, 3.63) is 35.9 Å². The fourth-order valence-electron chi connectivity index (χ4n) is 2.61. The Morgan fingerprint density at radius 3 is 2.48 bits per heavy atom. The molecule has 1 atom stereocenters. The zero-order valence-corrected chi connectivity index (χ0v) is 21.2. The van der Waals surface area contributed by atoms with Gasteiger partial charge in [0.05, 0.1) is 19.5 Å². The summed E-state index contributed by atoms with van der Waals surface area (Å²) < 4.78 is 30.5. The first-order valence-corrected chi connectivity index (χ1v) is 11.8. The molecule has 0 radical (unpaired) electrons. The highest BCUT2D eigenvalue weighted by Crippen LogP contribution is 2.04. The Morgan fingerprint density at radius 2 is 1.90 bits per heavy atom. The van der Waals surface area contributed by atoms with Gasteiger partial charge in [0.2, 0.25) is 10.0 Å². The van der Waals surface area contributed by atoms with Gasteiger partial charge in [0.15, 0.2) is 5.96 Å². The predicted molar refractivity (Wildman–Crippen MR) is 131 cm³/mol. The summed E-state index contributed by atoms with van der Waals surface area (Å²) in [6, 6.07) is 10.1. The standard InChI is InChI=1S/C20H36N4O3S.HI/c1-5-21-20(22-13-10-14-24(6-2)28(4,25)26)23-15-18(3)16-27-17-19-11-8-7-9-12-19;/h7-9,11-12,18H,5-6,10,13-17H2,1-4H3,(H2,21,22,23);1H. The molecule has 2 N–H and O–H groups in total. The zero-order valence-electron chi connectivity index (χ0n) is 18.1. The highest BCUT2D eigenvalue weighted by molar-refractivity contribution is 14.0. The van der Waals surface area contributed by atoms with Crippen molar-refractivity contribution in [2.24, 2.45) is 10.9 Å². The number of halogens is 1. The van der Waals surface area contributed by atoms with E-state index in [0.29, 0.717) is 45.3 Å². The van der Waals surface area contributed by atoms with Crippen molar-refractivity contribution in [3.8, 4) is 0 Å². The Bertz CT molecular complexity index is 672. The molecular weight excluding hydrogens is 503 g/mol. The zero-order chi connectivity index (χ0) is 20.8. The van der Waals surface area contributed by atoms with Gasteiger partial charge in [-0.05, 0) is 24.8 Å². The largest absolute Gasteiger partial charge is 0.376 e. The number of nitrogens with zero attached hydrogens (tertiary/aromatic N) is 2. The Morgan fingerprint density at radius 1 is 1.21 bits per heavy atom. The smallest absolute Gasteiger partial charge is 0.211 e. The summed E-state index contributed by atoms with van der Waals surface area (Å²) in [5, 5.41) is 6.48. The fraction of sp³-hybridized carbons (Fsp3) is 0.650. The van der Waals surface area contributed by atoms with Gasteiger partial charge >= 0.3 is 0 Å². The molecule has 1 aromatic carbocycles. The number of hydrogen-bond acceptors (Lipinski definition) is 4. The lowest BCUT2D eigenvalue weighted by Gasteiger charge is -2.18. The molecule has 0 fully saturated rings. The topological polar surface area (TPSA) is 83.0 Å². The number of benzene rings is 1. The van der Waals surface area contributed by atoms with E-state index in [0.717, 1.165) is 18.9 Å². The molecule has 7 nitrogen and oxygen atoms in total. The number of hydrogen-bond donors (Lipinski definition) is 2. The van der Waals surface area contributed by atoms with E-state index >= 15 is 0 Å². The summed E-state index contributed by atoms with van der Waals surface area (Å²) in [6.45, 7) is 10.3. The molecule has 1 rings (SSSR count). The molecule has 0 saturated carbocycles. The van der Waals surface area contributed by atoms with E-state index in [-0.39, 0.29) is 24.0 Å². The van der Waals surface area contributed by atoms with Gasteiger partial charge in [0.1, 0.15) is 0 Å². The lowest BCUT2D eigenvalue weighted by atomic mass is 10.2. The number of ether oxygens (including phenoxy) is 1. The molecule has 0 aliphatic carbocycles. The Balaban J connectivity index is 0.00000784. The summed E-state index contributed by atoms with van der Waals surface area (Å²) in [5.41, 5.74) is 1.17. The third-order valence-corrected chi connectivity index (χ3v) is 5.50. The molecule has 0 amide bonds. The molecule has 29 heavy (non-hydrogen) atoms. The molecule has 0 aliphatic rings. The maximum atomic E-state index is 11.6. The van der Waals surface area contributed by atoms with E-state index in [4.69, 9.17) is 4.74 Å². The maximum absolute atomic E-state index is 11.6. The number of guanidine groups is 1. The van der Waals surface area contributed by atoms with Gasteiger partial charge in [-0.2, -0.15) is 0 Å². The molecule has 0 bridgehead atoms. The van der Waals surface area contributed by atoms with Crippen LogP contribution in [0.5, 0.6) is 0 Å². The molecule has 0 heterocycles. The fourth-order valence-corrected chi connectivity index (χ4v) is 3.54. The summed E-state index contributed by atoms with van der Waals surface area (Å²) in [6.07, 6.45) is 1.97. The third-order valence-electron chi connectivity index (χ3n) is 4.12. The number of aliphatic imine (C=N–C) groups is 1. The van der Waals surface area contributed by atoms with Crippen LogP contribution in [-0.2, 0) is 21.4 Å². The van der Waals surface area contributed by atoms with Gasteiger partial charge < -0.3 is 15.4 Å². The van der Waals surface area contributed by atoms with Crippen molar-refractivity contribution in [2.45, 2.75) is 33.8 Å². The van der Waals surface area contributed by atoms with Gasteiger partial charge in [-0.25, -0.2) is 12.7 Å². The maximum Gasteiger partial charge on any atom is 0.211 e. The van der Waals surface area contributed by atoms with Gasteiger partial charge in [0.25, 0.3) is 0 Å². The van der Waals surface area contributed by atoms with Crippen molar-refractivity contribution in [3.63, 3.8) is 0 Å². The molecule has 1 aromatic rings. The van der Waals surface area contributed by atoms with Crippen molar-refractivity contribution >= 4 is 40.0 Å². The summed E-state index contributed by atoms with van der Waals surface area (Å²) in [7, 11) is -3.13. The molecular formula is C20H37IN4O3S. The van der Waals surface area contributed by atoms with E-state index in [1.807, 2.05) is 32.0 Å². The van der Waals surface area contributed by atoms with Gasteiger partial charge in [-0.1, -0.05) is 44.2 Å². The van der Waals surface area contributed by atoms with Crippen LogP contribution in [0.25, 0.3) is 0 Å². The second kappa shape index (κ2) is 15.9. The number of nitrogens with one attached hydrogen (secondary N) is 2. The van der Waals surface area contributed by atoms with Crippen LogP contribution in [0.3, 0.4) is 0 Å². The van der Waals surface area contributed by atoms with E-state index in [1.54, 1.807) is 0 Å². The Kier molecular flexibility index (Phi) is 15.4. The van der Waals surface area contributed by atoms with E-state index in [9.17, 15) is 8.42 Å². The van der Waals surface area contributed by atoms with Crippen LogP contribution in [0.1, 0.15) is 32.8 Å². The normalized spacial score (nSPS) is 13.1. The van der Waals surface area contributed by atoms with E-state index < -0.39 is 10.0 Å². The Hall–Kier alpha value is -0.910. The van der Waals surface area contributed by atoms with E-state index in [2.05, 4.69) is 34.7 Å². The molecule has 0 spiro atoms. The van der Waals surface area contributed by atoms with Crippen molar-refractivity contribution in [1.82, 2.24) is 14.9 Å². The second-order valence-electron chi connectivity index (χ2n) is 6.86. The highest BCUT2D eigenvalue weighted by atomic mass is 127. The summed E-state index contributed by atoms with van der Waals surface area (Å²) in [4.78, 5) is 4.61. The van der Waals surface area contributed by atoms with Crippen LogP contribution < -0.4 is 10.6 Å². The molecule has 9 heteroatoms. The van der Waals surface area contributed by atoms with Crippen molar-refractivity contribution in [1.29, 1.82) is 0 Å². The summed E-state index contributed by atoms with van der Waals surface area (Å²) in [5.74, 6) is 1.06. The first kappa shape index (κ1) is 28.1. The van der Waals surface area contributed by atoms with Gasteiger partial charge in [-0.15, -0.1) is 24.0 Å². The number of rotatable bonds is 13. The molecule has 0 aromatic heterocycles. The average Bonchev–Trinajstić information content (AvgIpc) is 2.65. The quantitative estimate of drug-likeness (QED) is 0.174. The summed E-state index contributed by atoms with van der Waals surface area (Å²) >= 11 is 0. The van der Waals surface area contributed by atoms with Crippen LogP contribution in [0.4, 0.5) is 0 Å². The lowest BCUT2D eigenvalue weighted by Crippen LogP contribution is -2.39. The first-order chi connectivity index (χ1) is 13.4. The molecule has 0 saturated heterocycles. The Labute approximate surface area is 193 Å². The highest BCUT2D eigenvalue weighted by Gasteiger charge is 2.13. The van der Waals surface area contributed by atoms with Crippen molar-refractivity contribution < 1.29 is 13.2 Å². The van der Waals surface area contributed by atoms with Crippen LogP contribution >= 0.6 is 24.0 Å². The predicted octanol–water partition coefficient (Wildman–Crippen LogP) is 2.68.